The van der Waals surface area contributed by atoms with Crippen LogP contribution in [0.4, 0.5) is 0 Å². The Balaban J connectivity index is 1.45. The van der Waals surface area contributed by atoms with E-state index in [0.717, 1.165) is 34.7 Å². The van der Waals surface area contributed by atoms with Crippen LogP contribution in [0.2, 0.25) is 5.02 Å². The summed E-state index contributed by atoms with van der Waals surface area (Å²) in [4.78, 5) is 13.2. The minimum Gasteiger partial charge on any atom is -0.351 e. The number of nitrogens with zero attached hydrogens (tertiary/aromatic N) is 2. The molecule has 1 heterocycles. The normalized spacial score (nSPS) is 14.8. The Bertz CT molecular complexity index is 1500. The number of amides is 1. The van der Waals surface area contributed by atoms with Gasteiger partial charge in [0.05, 0.1) is 16.3 Å². The molecular formula is C28H32ClN3O5S2. The van der Waals surface area contributed by atoms with Crippen molar-refractivity contribution < 1.29 is 21.6 Å². The fraction of sp³-hybridized carbons (Fsp3) is 0.321. The molecule has 1 amide bonds. The van der Waals surface area contributed by atoms with Crippen LogP contribution in [-0.4, -0.2) is 51.0 Å². The second-order valence-corrected chi connectivity index (χ2v) is 13.9. The number of hydrogen-bond acceptors (Lipinski definition) is 5. The lowest BCUT2D eigenvalue weighted by molar-refractivity contribution is -0.121. The van der Waals surface area contributed by atoms with Crippen molar-refractivity contribution in [3.8, 4) is 0 Å². The van der Waals surface area contributed by atoms with E-state index in [1.54, 1.807) is 24.3 Å². The molecule has 0 atom stereocenters. The van der Waals surface area contributed by atoms with Gasteiger partial charge in [0.1, 0.15) is 0 Å². The van der Waals surface area contributed by atoms with Crippen LogP contribution in [0.25, 0.3) is 0 Å². The van der Waals surface area contributed by atoms with Crippen LogP contribution in [0.15, 0.2) is 82.6 Å². The average molecular weight is 590 g/mol. The third kappa shape index (κ3) is 7.46. The molecule has 0 aliphatic carbocycles. The van der Waals surface area contributed by atoms with Gasteiger partial charge in [-0.1, -0.05) is 60.0 Å². The van der Waals surface area contributed by atoms with Crippen LogP contribution in [0.3, 0.4) is 0 Å². The zero-order valence-corrected chi connectivity index (χ0v) is 24.1. The minimum absolute atomic E-state index is 0.0170. The lowest BCUT2D eigenvalue weighted by Gasteiger charge is -2.25. The third-order valence-corrected chi connectivity index (χ3v) is 10.5. The number of rotatable bonds is 10. The van der Waals surface area contributed by atoms with E-state index in [9.17, 15) is 21.6 Å². The van der Waals surface area contributed by atoms with Crippen LogP contribution in [0.1, 0.15) is 36.0 Å². The molecule has 0 aromatic heterocycles. The van der Waals surface area contributed by atoms with Gasteiger partial charge >= 0.3 is 0 Å². The van der Waals surface area contributed by atoms with Gasteiger partial charge in [0.15, 0.2) is 0 Å². The van der Waals surface area contributed by atoms with Crippen molar-refractivity contribution in [3.63, 3.8) is 0 Å². The van der Waals surface area contributed by atoms with Crippen LogP contribution in [0, 0.1) is 6.92 Å². The summed E-state index contributed by atoms with van der Waals surface area (Å²) in [7, 11) is -7.54. The maximum Gasteiger partial charge on any atom is 0.243 e. The summed E-state index contributed by atoms with van der Waals surface area (Å²) >= 11 is 5.94. The smallest absolute Gasteiger partial charge is 0.243 e. The highest BCUT2D eigenvalue weighted by Gasteiger charge is 2.28. The summed E-state index contributed by atoms with van der Waals surface area (Å²) < 4.78 is 55.3. The van der Waals surface area contributed by atoms with Gasteiger partial charge in [-0.15, -0.1) is 0 Å². The number of hydrogen-bond donors (Lipinski definition) is 1. The molecule has 0 unspecified atom stereocenters. The summed E-state index contributed by atoms with van der Waals surface area (Å²) in [6.45, 7) is 2.72. The second-order valence-electron chi connectivity index (χ2n) is 9.60. The molecule has 0 spiro atoms. The molecule has 1 saturated heterocycles. The van der Waals surface area contributed by atoms with Gasteiger partial charge in [-0.25, -0.2) is 16.8 Å². The van der Waals surface area contributed by atoms with E-state index in [-0.39, 0.29) is 29.4 Å². The van der Waals surface area contributed by atoms with Crippen molar-refractivity contribution in [2.45, 2.75) is 49.1 Å². The molecule has 3 aromatic rings. The predicted molar refractivity (Wildman–Crippen MR) is 151 cm³/mol. The van der Waals surface area contributed by atoms with E-state index in [1.807, 2.05) is 31.2 Å². The molecule has 39 heavy (non-hydrogen) atoms. The van der Waals surface area contributed by atoms with Crippen molar-refractivity contribution in [1.82, 2.24) is 13.9 Å². The number of sulfonamides is 2. The van der Waals surface area contributed by atoms with Gasteiger partial charge in [-0.2, -0.15) is 8.61 Å². The summed E-state index contributed by atoms with van der Waals surface area (Å²) in [6.07, 6.45) is 2.75. The summed E-state index contributed by atoms with van der Waals surface area (Å²) in [6, 6.07) is 19.7. The van der Waals surface area contributed by atoms with Crippen LogP contribution >= 0.6 is 11.6 Å². The first-order valence-electron chi connectivity index (χ1n) is 12.7. The quantitative estimate of drug-likeness (QED) is 0.379. The van der Waals surface area contributed by atoms with Crippen molar-refractivity contribution in [3.05, 3.63) is 94.5 Å². The fourth-order valence-electron chi connectivity index (χ4n) is 4.45. The van der Waals surface area contributed by atoms with Gasteiger partial charge in [0.25, 0.3) is 0 Å². The van der Waals surface area contributed by atoms with Crippen molar-refractivity contribution in [1.29, 1.82) is 0 Å². The highest BCUT2D eigenvalue weighted by Crippen LogP contribution is 2.22. The average Bonchev–Trinajstić information content (AvgIpc) is 2.92. The lowest BCUT2D eigenvalue weighted by Crippen LogP contribution is -2.40. The van der Waals surface area contributed by atoms with E-state index in [2.05, 4.69) is 5.32 Å². The van der Waals surface area contributed by atoms with E-state index in [1.165, 1.54) is 28.6 Å². The molecule has 4 rings (SSSR count). The molecule has 11 heteroatoms. The predicted octanol–water partition coefficient (Wildman–Crippen LogP) is 4.33. The molecule has 1 N–H and O–H groups in total. The number of piperidine rings is 1. The molecular weight excluding hydrogens is 558 g/mol. The van der Waals surface area contributed by atoms with Gasteiger partial charge in [0.2, 0.25) is 26.0 Å². The summed E-state index contributed by atoms with van der Waals surface area (Å²) in [5, 5.41) is 3.16. The number of benzene rings is 3. The Labute approximate surface area is 235 Å². The molecule has 1 aliphatic heterocycles. The number of nitrogens with one attached hydrogen (secondary N) is 1. The number of carbonyl (C=O) groups is 1. The summed E-state index contributed by atoms with van der Waals surface area (Å²) in [5.74, 6) is -0.481. The Kier molecular flexibility index (Phi) is 9.45. The Hall–Kier alpha value is -2.76. The Morgan fingerprint density at radius 1 is 0.872 bits per heavy atom. The van der Waals surface area contributed by atoms with Crippen LogP contribution < -0.4 is 5.32 Å². The lowest BCUT2D eigenvalue weighted by atomic mass is 10.1. The standard InChI is InChI=1S/C28H32ClN3O5S2/c1-22-6-5-7-24(18-22)20-32(39(36,37)27-14-10-25(29)11-15-27)21-28(33)30-19-23-8-12-26(13-9-23)38(34,35)31-16-3-2-4-17-31/h5-15,18H,2-4,16-17,19-21H2,1H3,(H,30,33). The molecule has 3 aromatic carbocycles. The molecule has 1 aliphatic rings. The molecule has 0 bridgehead atoms. The largest absolute Gasteiger partial charge is 0.351 e. The maximum absolute atomic E-state index is 13.4. The molecule has 0 radical (unpaired) electrons. The Morgan fingerprint density at radius 2 is 1.51 bits per heavy atom. The van der Waals surface area contributed by atoms with Gasteiger partial charge in [-0.3, -0.25) is 4.79 Å². The summed E-state index contributed by atoms with van der Waals surface area (Å²) in [5.41, 5.74) is 2.43. The number of halogens is 1. The zero-order valence-electron chi connectivity index (χ0n) is 21.7. The molecule has 1 fully saturated rings. The molecule has 0 saturated carbocycles. The molecule has 208 valence electrons. The second kappa shape index (κ2) is 12.6. The first kappa shape index (κ1) is 29.2. The first-order valence-corrected chi connectivity index (χ1v) is 16.0. The minimum atomic E-state index is -4.00. The third-order valence-electron chi connectivity index (χ3n) is 6.58. The van der Waals surface area contributed by atoms with E-state index < -0.39 is 26.0 Å². The van der Waals surface area contributed by atoms with E-state index in [4.69, 9.17) is 11.6 Å². The topological polar surface area (TPSA) is 104 Å². The fourth-order valence-corrected chi connectivity index (χ4v) is 7.47. The number of carbonyl (C=O) groups excluding carboxylic acids is 1. The van der Waals surface area contributed by atoms with E-state index >= 15 is 0 Å². The zero-order chi connectivity index (χ0) is 28.0. The van der Waals surface area contributed by atoms with Gasteiger partial charge in [-0.05, 0) is 67.3 Å². The monoisotopic (exact) mass is 589 g/mol. The first-order chi connectivity index (χ1) is 18.6. The Morgan fingerprint density at radius 3 is 2.15 bits per heavy atom. The highest BCUT2D eigenvalue weighted by molar-refractivity contribution is 7.89. The van der Waals surface area contributed by atoms with Crippen LogP contribution in [-0.2, 0) is 37.9 Å². The van der Waals surface area contributed by atoms with Crippen molar-refractivity contribution in [2.75, 3.05) is 19.6 Å². The van der Waals surface area contributed by atoms with Gasteiger partial charge < -0.3 is 5.32 Å². The molecule has 8 nitrogen and oxygen atoms in total. The SMILES string of the molecule is Cc1cccc(CN(CC(=O)NCc2ccc(S(=O)(=O)N3CCCCC3)cc2)S(=O)(=O)c2ccc(Cl)cc2)c1. The van der Waals surface area contributed by atoms with E-state index in [0.29, 0.717) is 23.7 Å². The van der Waals surface area contributed by atoms with Crippen molar-refractivity contribution in [2.24, 2.45) is 0 Å². The van der Waals surface area contributed by atoms with Crippen LogP contribution in [0.5, 0.6) is 0 Å². The maximum atomic E-state index is 13.4. The number of aryl methyl sites for hydroxylation is 1. The van der Waals surface area contributed by atoms with Crippen molar-refractivity contribution >= 4 is 37.6 Å². The van der Waals surface area contributed by atoms with Gasteiger partial charge in [0, 0.05) is 31.2 Å². The highest BCUT2D eigenvalue weighted by atomic mass is 35.5.